The van der Waals surface area contributed by atoms with Gasteiger partial charge in [0, 0.05) is 71.7 Å². The number of phenolic OH excluding ortho intramolecular Hbond substituents is 2. The number of benzene rings is 2. The molecule has 7 rings (SSSR count). The number of aliphatic carboxylic acids is 1. The number of carboxylic acids is 1. The van der Waals surface area contributed by atoms with Crippen molar-refractivity contribution in [3.05, 3.63) is 83.4 Å². The van der Waals surface area contributed by atoms with E-state index >= 15 is 0 Å². The van der Waals surface area contributed by atoms with Gasteiger partial charge in [0.05, 0.1) is 68.9 Å². The molecule has 5 aromatic rings. The summed E-state index contributed by atoms with van der Waals surface area (Å²) < 4.78 is 19.5. The fourth-order valence-corrected chi connectivity index (χ4v) is 8.82. The molecule has 0 aliphatic carbocycles. The quantitative estimate of drug-likeness (QED) is 0.0252. The number of carbonyl (C=O) groups excluding carboxylic acids is 2. The highest BCUT2D eigenvalue weighted by molar-refractivity contribution is 5.82. The van der Waals surface area contributed by atoms with Crippen molar-refractivity contribution in [3.8, 4) is 23.8 Å². The van der Waals surface area contributed by atoms with Crippen LogP contribution in [0.2, 0.25) is 0 Å². The van der Waals surface area contributed by atoms with Crippen LogP contribution in [0.1, 0.15) is 79.8 Å². The Kier molecular flexibility index (Phi) is 22.5. The molecule has 8 N–H and O–H groups in total. The van der Waals surface area contributed by atoms with Gasteiger partial charge in [0.25, 0.3) is 0 Å². The predicted molar refractivity (Wildman–Crippen MR) is 279 cm³/mol. The van der Waals surface area contributed by atoms with E-state index in [1.807, 2.05) is 9.80 Å². The first-order chi connectivity index (χ1) is 36.7. The van der Waals surface area contributed by atoms with Crippen molar-refractivity contribution in [2.24, 2.45) is 17.4 Å². The number of anilines is 3. The Morgan fingerprint density at radius 2 is 1.16 bits per heavy atom. The number of amides is 2. The standard InChI is InChI=1S/C51H70N16O9.ClH/c1-4-24-74-26-28-76-29-27-75-25-15-54-49-55-50(64-20-16-62(17-21-64)47(72)44(13-14-46(70)71)66-33-43(59-60-66)41(53)31-36-5-9-38(68)10-6-36)57-51(56-49)65-22-18-63(19-23-65)48(73)45(32-37-7-11-39(69)12-8-37)67-34-42(58-61-67)40(52)30-35(2)3;/h1,5-12,33-35,40-41,44-45,68-69H,13-32,52-53H2,2-3H3,(H,70,71)(H,54,55,56,57);1H/p-1. The molecule has 4 unspecified atom stereocenters. The van der Waals surface area contributed by atoms with E-state index in [2.05, 4.69) is 45.7 Å². The fourth-order valence-electron chi connectivity index (χ4n) is 8.82. The van der Waals surface area contributed by atoms with Crippen molar-refractivity contribution >= 4 is 35.6 Å². The highest BCUT2D eigenvalue weighted by Gasteiger charge is 2.34. The molecule has 77 heavy (non-hydrogen) atoms. The van der Waals surface area contributed by atoms with E-state index in [9.17, 15) is 29.7 Å². The Morgan fingerprint density at radius 3 is 1.68 bits per heavy atom. The van der Waals surface area contributed by atoms with Crippen molar-refractivity contribution < 1.29 is 56.3 Å². The number of aromatic nitrogens is 9. The van der Waals surface area contributed by atoms with Gasteiger partial charge < -0.3 is 78.3 Å². The van der Waals surface area contributed by atoms with Crippen LogP contribution in [0.4, 0.5) is 17.8 Å². The molecule has 0 spiro atoms. The average molecular weight is 1090 g/mol. The number of carbonyl (C=O) groups is 3. The molecular weight excluding hydrogens is 1020 g/mol. The third-order valence-corrected chi connectivity index (χ3v) is 13.0. The summed E-state index contributed by atoms with van der Waals surface area (Å²) in [6, 6.07) is 10.9. The summed E-state index contributed by atoms with van der Waals surface area (Å²) in [4.78, 5) is 62.5. The lowest BCUT2D eigenvalue weighted by Gasteiger charge is -2.38. The van der Waals surface area contributed by atoms with Crippen molar-refractivity contribution in [1.29, 1.82) is 0 Å². The smallest absolute Gasteiger partial charge is 0.303 e. The van der Waals surface area contributed by atoms with Gasteiger partial charge in [0.1, 0.15) is 30.2 Å². The van der Waals surface area contributed by atoms with E-state index in [-0.39, 0.29) is 74.3 Å². The number of carboxylic acid groups (broad SMARTS) is 1. The first-order valence-corrected chi connectivity index (χ1v) is 25.6. The molecule has 0 radical (unpaired) electrons. The van der Waals surface area contributed by atoms with Gasteiger partial charge in [0.15, 0.2) is 0 Å². The van der Waals surface area contributed by atoms with Crippen LogP contribution in [0.15, 0.2) is 60.9 Å². The van der Waals surface area contributed by atoms with Crippen molar-refractivity contribution in [2.45, 2.75) is 70.1 Å². The molecule has 416 valence electrons. The molecule has 4 atom stereocenters. The van der Waals surface area contributed by atoms with Crippen LogP contribution in [0.25, 0.3) is 0 Å². The number of hydrogen-bond acceptors (Lipinski definition) is 20. The van der Waals surface area contributed by atoms with Gasteiger partial charge in [-0.05, 0) is 60.6 Å². The maximum atomic E-state index is 14.5. The maximum Gasteiger partial charge on any atom is 0.303 e. The zero-order chi connectivity index (χ0) is 54.0. The van der Waals surface area contributed by atoms with E-state index in [1.54, 1.807) is 75.4 Å². The number of phenols is 2. The van der Waals surface area contributed by atoms with Crippen LogP contribution < -0.4 is 39.0 Å². The number of halogens is 1. The molecule has 2 aliphatic heterocycles. The van der Waals surface area contributed by atoms with E-state index in [0.717, 1.165) is 11.1 Å². The Balaban J connectivity index is 0.00000961. The molecule has 0 bridgehead atoms. The van der Waals surface area contributed by atoms with Gasteiger partial charge in [-0.1, -0.05) is 54.5 Å². The average Bonchev–Trinajstić information content (AvgIpc) is 4.13. The summed E-state index contributed by atoms with van der Waals surface area (Å²) in [6.45, 7) is 9.43. The second-order valence-electron chi connectivity index (χ2n) is 19.1. The predicted octanol–water partition coefficient (Wildman–Crippen LogP) is -1.26. The summed E-state index contributed by atoms with van der Waals surface area (Å²) in [5, 5.41) is 49.8. The second-order valence-corrected chi connectivity index (χ2v) is 19.1. The lowest BCUT2D eigenvalue weighted by Crippen LogP contribution is -3.00. The van der Waals surface area contributed by atoms with Crippen LogP contribution in [0.5, 0.6) is 11.5 Å². The van der Waals surface area contributed by atoms with Gasteiger partial charge in [-0.25, -0.2) is 9.36 Å². The minimum Gasteiger partial charge on any atom is -1.00 e. The van der Waals surface area contributed by atoms with Crippen molar-refractivity contribution in [1.82, 2.24) is 54.7 Å². The van der Waals surface area contributed by atoms with Crippen molar-refractivity contribution in [2.75, 3.05) is 114 Å². The number of aromatic hydroxyl groups is 2. The zero-order valence-corrected chi connectivity index (χ0v) is 44.3. The normalized spacial score (nSPS) is 15.4. The van der Waals surface area contributed by atoms with E-state index in [1.165, 1.54) is 4.68 Å². The number of nitrogens with one attached hydrogen (secondary N) is 1. The van der Waals surface area contributed by atoms with Crippen LogP contribution >= 0.6 is 0 Å². The Hall–Kier alpha value is -7.21. The number of hydrogen-bond donors (Lipinski definition) is 6. The molecule has 2 fully saturated rings. The molecule has 0 saturated carbocycles. The van der Waals surface area contributed by atoms with Crippen molar-refractivity contribution in [3.63, 3.8) is 0 Å². The summed E-state index contributed by atoms with van der Waals surface area (Å²) in [6.07, 6.45) is 9.70. The van der Waals surface area contributed by atoms with Gasteiger partial charge in [-0.15, -0.1) is 16.6 Å². The molecule has 2 aliphatic rings. The second kappa shape index (κ2) is 29.3. The Bertz CT molecular complexity index is 2670. The van der Waals surface area contributed by atoms with Gasteiger partial charge >= 0.3 is 5.97 Å². The van der Waals surface area contributed by atoms with E-state index < -0.39 is 24.1 Å². The number of nitrogens with zero attached hydrogens (tertiary/aromatic N) is 13. The van der Waals surface area contributed by atoms with Gasteiger partial charge in [-0.3, -0.25) is 14.4 Å². The minimum absolute atomic E-state index is 0. The monoisotopic (exact) mass is 1090 g/mol. The Morgan fingerprint density at radius 1 is 0.675 bits per heavy atom. The minimum atomic E-state index is -1.05. The van der Waals surface area contributed by atoms with Gasteiger partial charge in [-0.2, -0.15) is 15.0 Å². The van der Waals surface area contributed by atoms with E-state index in [4.69, 9.17) is 47.1 Å². The SMILES string of the molecule is C#CCOCCOCCOCCNc1nc(N2CCN(C(=O)C(CCC(=O)O)n3cc(C(N)Cc4ccc(O)cc4)nn3)CC2)nc(N2CCN(C(=O)C(Cc3ccc(O)cc3)n3cc(C(N)CC(C)C)nn3)CC2)n1.[Cl-]. The number of rotatable bonds is 28. The highest BCUT2D eigenvalue weighted by atomic mass is 35.5. The maximum absolute atomic E-state index is 14.5. The lowest BCUT2D eigenvalue weighted by molar-refractivity contribution is -0.139. The summed E-state index contributed by atoms with van der Waals surface area (Å²) in [5.74, 6) is 2.63. The topological polar surface area (TPSA) is 317 Å². The molecular formula is C51H70ClN16O9-. The number of nitrogens with two attached hydrogens (primary N) is 2. The lowest BCUT2D eigenvalue weighted by atomic mass is 10.0. The largest absolute Gasteiger partial charge is 1.00 e. The first kappa shape index (κ1) is 59.0. The summed E-state index contributed by atoms with van der Waals surface area (Å²) >= 11 is 0. The molecule has 2 amide bonds. The van der Waals surface area contributed by atoms with Crippen LogP contribution in [-0.2, 0) is 41.4 Å². The summed E-state index contributed by atoms with van der Waals surface area (Å²) in [7, 11) is 0. The Labute approximate surface area is 453 Å². The molecule has 2 aromatic carbocycles. The van der Waals surface area contributed by atoms with E-state index in [0.29, 0.717) is 133 Å². The molecule has 25 nitrogen and oxygen atoms in total. The summed E-state index contributed by atoms with van der Waals surface area (Å²) in [5.41, 5.74) is 15.7. The molecule has 2 saturated heterocycles. The first-order valence-electron chi connectivity index (χ1n) is 25.6. The fraction of sp³-hybridized carbons (Fsp3) is 0.529. The van der Waals surface area contributed by atoms with Gasteiger partial charge in [0.2, 0.25) is 29.7 Å². The number of terminal acetylenes is 1. The molecule has 3 aromatic heterocycles. The highest BCUT2D eigenvalue weighted by Crippen LogP contribution is 2.26. The third kappa shape index (κ3) is 17.4. The molecule has 26 heteroatoms. The number of ether oxygens (including phenoxy) is 3. The number of piperazine rings is 2. The van der Waals surface area contributed by atoms with Crippen LogP contribution in [0.3, 0.4) is 0 Å². The van der Waals surface area contributed by atoms with Crippen LogP contribution in [-0.4, -0.2) is 186 Å². The zero-order valence-electron chi connectivity index (χ0n) is 43.5. The molecule has 5 heterocycles. The van der Waals surface area contributed by atoms with Crippen LogP contribution in [0, 0.1) is 18.3 Å². The third-order valence-electron chi connectivity index (χ3n) is 13.0.